The molecule has 160 valence electrons. The summed E-state index contributed by atoms with van der Waals surface area (Å²) in [6, 6.07) is 5.11. The van der Waals surface area contributed by atoms with Gasteiger partial charge in [0.25, 0.3) is 5.69 Å². The minimum absolute atomic E-state index is 0.00517. The molecule has 2 aromatic rings. The van der Waals surface area contributed by atoms with Gasteiger partial charge in [0.1, 0.15) is 0 Å². The van der Waals surface area contributed by atoms with E-state index in [9.17, 15) is 14.9 Å². The lowest BCUT2D eigenvalue weighted by Gasteiger charge is -2.31. The fraction of sp³-hybridized carbons (Fsp3) is 0.550. The summed E-state index contributed by atoms with van der Waals surface area (Å²) in [5.74, 6) is 1.61. The van der Waals surface area contributed by atoms with E-state index in [0.29, 0.717) is 17.3 Å². The number of amides is 1. The summed E-state index contributed by atoms with van der Waals surface area (Å²) in [6.07, 6.45) is 4.54. The van der Waals surface area contributed by atoms with Gasteiger partial charge >= 0.3 is 0 Å². The van der Waals surface area contributed by atoms with Crippen molar-refractivity contribution < 1.29 is 9.72 Å². The molecule has 1 saturated heterocycles. The van der Waals surface area contributed by atoms with Gasteiger partial charge in [0.05, 0.1) is 10.7 Å². The number of piperidine rings is 1. The monoisotopic (exact) mass is 430 g/mol. The first-order chi connectivity index (χ1) is 14.4. The van der Waals surface area contributed by atoms with E-state index in [2.05, 4.69) is 31.9 Å². The molecule has 0 bridgehead atoms. The molecule has 9 nitrogen and oxygen atoms in total. The Labute approximate surface area is 179 Å². The quantitative estimate of drug-likeness (QED) is 0.404. The van der Waals surface area contributed by atoms with Crippen molar-refractivity contribution in [1.82, 2.24) is 14.8 Å². The van der Waals surface area contributed by atoms with Crippen molar-refractivity contribution in [3.8, 4) is 0 Å². The highest BCUT2D eigenvalue weighted by Gasteiger charge is 2.32. The number of rotatable bonds is 7. The third-order valence-electron chi connectivity index (χ3n) is 5.65. The van der Waals surface area contributed by atoms with E-state index in [4.69, 9.17) is 0 Å². The number of carbonyl (C=O) groups excluding carboxylic acids is 1. The van der Waals surface area contributed by atoms with Gasteiger partial charge < -0.3 is 10.2 Å². The Hall–Kier alpha value is -2.62. The van der Waals surface area contributed by atoms with Crippen LogP contribution in [0.25, 0.3) is 0 Å². The van der Waals surface area contributed by atoms with Crippen LogP contribution in [0.5, 0.6) is 0 Å². The Balaban J connectivity index is 1.41. The Bertz CT molecular complexity index is 950. The van der Waals surface area contributed by atoms with E-state index < -0.39 is 4.92 Å². The van der Waals surface area contributed by atoms with Crippen molar-refractivity contribution in [3.05, 3.63) is 33.9 Å². The first kappa shape index (κ1) is 20.6. The highest BCUT2D eigenvalue weighted by molar-refractivity contribution is 7.99. The number of nitro benzene ring substituents is 1. The van der Waals surface area contributed by atoms with Crippen molar-refractivity contribution in [2.45, 2.75) is 50.7 Å². The Morgan fingerprint density at radius 3 is 2.67 bits per heavy atom. The van der Waals surface area contributed by atoms with Crippen LogP contribution in [0.4, 0.5) is 17.3 Å². The second kappa shape index (κ2) is 8.63. The van der Waals surface area contributed by atoms with Gasteiger partial charge in [-0.25, -0.2) is 0 Å². The van der Waals surface area contributed by atoms with Gasteiger partial charge in [-0.1, -0.05) is 24.8 Å². The molecule has 1 aliphatic heterocycles. The number of nitro groups is 1. The fourth-order valence-electron chi connectivity index (χ4n) is 3.66. The summed E-state index contributed by atoms with van der Waals surface area (Å²) >= 11 is 1.36. The van der Waals surface area contributed by atoms with Crippen molar-refractivity contribution in [3.63, 3.8) is 0 Å². The zero-order chi connectivity index (χ0) is 21.3. The standard InChI is InChI=1S/C20H26N6O3S/c1-13-7-9-24(10-8-13)19-22-23-20(25(19)16-5-6-16)30-12-18(27)21-15-4-3-14(2)17(11-15)26(28)29/h3-4,11,13,16H,5-10,12H2,1-2H3,(H,21,27). The molecule has 2 heterocycles. The maximum Gasteiger partial charge on any atom is 0.274 e. The molecule has 1 aromatic carbocycles. The van der Waals surface area contributed by atoms with Crippen molar-refractivity contribution in [2.24, 2.45) is 5.92 Å². The Morgan fingerprint density at radius 1 is 1.27 bits per heavy atom. The second-order valence-electron chi connectivity index (χ2n) is 8.15. The lowest BCUT2D eigenvalue weighted by atomic mass is 10.00. The topological polar surface area (TPSA) is 106 Å². The summed E-state index contributed by atoms with van der Waals surface area (Å²) < 4.78 is 2.19. The van der Waals surface area contributed by atoms with Gasteiger partial charge in [0, 0.05) is 36.4 Å². The molecular formula is C20H26N6O3S. The zero-order valence-corrected chi connectivity index (χ0v) is 18.0. The van der Waals surface area contributed by atoms with Gasteiger partial charge in [-0.05, 0) is 44.6 Å². The molecule has 30 heavy (non-hydrogen) atoms. The summed E-state index contributed by atoms with van der Waals surface area (Å²) in [7, 11) is 0. The normalized spacial score (nSPS) is 17.2. The molecule has 0 unspecified atom stereocenters. The van der Waals surface area contributed by atoms with Crippen LogP contribution >= 0.6 is 11.8 Å². The summed E-state index contributed by atoms with van der Waals surface area (Å²) in [5.41, 5.74) is 0.976. The Morgan fingerprint density at radius 2 is 2.00 bits per heavy atom. The van der Waals surface area contributed by atoms with Crippen LogP contribution in [0.1, 0.15) is 44.2 Å². The molecule has 1 N–H and O–H groups in total. The van der Waals surface area contributed by atoms with Gasteiger partial charge in [-0.15, -0.1) is 10.2 Å². The molecule has 1 saturated carbocycles. The van der Waals surface area contributed by atoms with E-state index >= 15 is 0 Å². The van der Waals surface area contributed by atoms with Crippen molar-refractivity contribution in [2.75, 3.05) is 29.1 Å². The first-order valence-corrected chi connectivity index (χ1v) is 11.3. The van der Waals surface area contributed by atoms with Crippen LogP contribution in [-0.2, 0) is 4.79 Å². The van der Waals surface area contributed by atoms with E-state index in [1.54, 1.807) is 19.1 Å². The van der Waals surface area contributed by atoms with E-state index in [1.807, 2.05) is 0 Å². The summed E-state index contributed by atoms with van der Waals surface area (Å²) in [5, 5.41) is 23.4. The predicted molar refractivity (Wildman–Crippen MR) is 116 cm³/mol. The number of thioether (sulfide) groups is 1. The number of nitrogens with zero attached hydrogens (tertiary/aromatic N) is 5. The average Bonchev–Trinajstić information content (AvgIpc) is 3.47. The molecule has 2 aliphatic rings. The highest BCUT2D eigenvalue weighted by Crippen LogP contribution is 2.41. The number of carbonyl (C=O) groups is 1. The van der Waals surface area contributed by atoms with Crippen LogP contribution in [0, 0.1) is 23.0 Å². The molecule has 4 rings (SSSR count). The molecular weight excluding hydrogens is 404 g/mol. The fourth-order valence-corrected chi connectivity index (χ4v) is 4.46. The van der Waals surface area contributed by atoms with Crippen LogP contribution in [0.15, 0.2) is 23.4 Å². The SMILES string of the molecule is Cc1ccc(NC(=O)CSc2nnc(N3CCC(C)CC3)n2C2CC2)cc1[N+](=O)[O-]. The van der Waals surface area contributed by atoms with Crippen LogP contribution in [-0.4, -0.2) is 44.4 Å². The van der Waals surface area contributed by atoms with Crippen molar-refractivity contribution in [1.29, 1.82) is 0 Å². The van der Waals surface area contributed by atoms with E-state index in [-0.39, 0.29) is 17.3 Å². The first-order valence-electron chi connectivity index (χ1n) is 10.3. The molecule has 1 aliphatic carbocycles. The van der Waals surface area contributed by atoms with E-state index in [1.165, 1.54) is 17.8 Å². The number of hydrogen-bond donors (Lipinski definition) is 1. The van der Waals surface area contributed by atoms with Gasteiger partial charge in [-0.3, -0.25) is 19.5 Å². The molecule has 1 aromatic heterocycles. The minimum Gasteiger partial charge on any atom is -0.341 e. The number of nitrogens with one attached hydrogen (secondary N) is 1. The summed E-state index contributed by atoms with van der Waals surface area (Å²) in [6.45, 7) is 5.93. The molecule has 0 radical (unpaired) electrons. The predicted octanol–water partition coefficient (Wildman–Crippen LogP) is 3.80. The number of aryl methyl sites for hydroxylation is 1. The molecule has 0 atom stereocenters. The van der Waals surface area contributed by atoms with E-state index in [0.717, 1.165) is 55.8 Å². The molecule has 0 spiro atoms. The number of anilines is 2. The smallest absolute Gasteiger partial charge is 0.274 e. The minimum atomic E-state index is -0.444. The van der Waals surface area contributed by atoms with Gasteiger partial charge in [-0.2, -0.15) is 0 Å². The summed E-state index contributed by atoms with van der Waals surface area (Å²) in [4.78, 5) is 25.4. The maximum atomic E-state index is 12.4. The van der Waals surface area contributed by atoms with Gasteiger partial charge in [0.2, 0.25) is 11.9 Å². The maximum absolute atomic E-state index is 12.4. The highest BCUT2D eigenvalue weighted by atomic mass is 32.2. The average molecular weight is 431 g/mol. The zero-order valence-electron chi connectivity index (χ0n) is 17.2. The number of benzene rings is 1. The third-order valence-corrected chi connectivity index (χ3v) is 6.59. The van der Waals surface area contributed by atoms with Crippen LogP contribution < -0.4 is 10.2 Å². The molecule has 1 amide bonds. The number of hydrogen-bond acceptors (Lipinski definition) is 7. The lowest BCUT2D eigenvalue weighted by Crippen LogP contribution is -2.34. The van der Waals surface area contributed by atoms with Gasteiger partial charge in [0.15, 0.2) is 5.16 Å². The third kappa shape index (κ3) is 4.58. The lowest BCUT2D eigenvalue weighted by molar-refractivity contribution is -0.385. The van der Waals surface area contributed by atoms with Crippen molar-refractivity contribution >= 4 is 35.0 Å². The Kier molecular flexibility index (Phi) is 5.94. The molecule has 2 fully saturated rings. The largest absolute Gasteiger partial charge is 0.341 e. The van der Waals surface area contributed by atoms with Crippen LogP contribution in [0.2, 0.25) is 0 Å². The number of aromatic nitrogens is 3. The molecule has 10 heteroatoms. The second-order valence-corrected chi connectivity index (χ2v) is 9.09. The van der Waals surface area contributed by atoms with Crippen LogP contribution in [0.3, 0.4) is 0 Å².